The highest BCUT2D eigenvalue weighted by molar-refractivity contribution is 7.91. The fourth-order valence-electron chi connectivity index (χ4n) is 4.30. The lowest BCUT2D eigenvalue weighted by Gasteiger charge is -2.26. The molecule has 138 valence electrons. The van der Waals surface area contributed by atoms with Crippen LogP contribution in [0.4, 0.5) is 10.1 Å². The molecule has 26 heavy (non-hydrogen) atoms. The van der Waals surface area contributed by atoms with Crippen LogP contribution in [-0.4, -0.2) is 27.5 Å². The average Bonchev–Trinajstić information content (AvgIpc) is 2.94. The van der Waals surface area contributed by atoms with Crippen molar-refractivity contribution in [1.29, 1.82) is 0 Å². The number of rotatable bonds is 2. The predicted octanol–water partition coefficient (Wildman–Crippen LogP) is 3.41. The molecule has 0 bridgehead atoms. The van der Waals surface area contributed by atoms with E-state index in [1.54, 1.807) is 12.1 Å². The van der Waals surface area contributed by atoms with Gasteiger partial charge in [0.15, 0.2) is 0 Å². The van der Waals surface area contributed by atoms with Crippen molar-refractivity contribution in [3.8, 4) is 0 Å². The summed E-state index contributed by atoms with van der Waals surface area (Å²) >= 11 is 0. The Labute approximate surface area is 153 Å². The van der Waals surface area contributed by atoms with Crippen LogP contribution < -0.4 is 10.6 Å². The van der Waals surface area contributed by atoms with Gasteiger partial charge in [-0.2, -0.15) is 0 Å². The summed E-state index contributed by atoms with van der Waals surface area (Å²) in [5.41, 5.74) is 2.06. The van der Waals surface area contributed by atoms with Gasteiger partial charge in [0.2, 0.25) is 9.84 Å². The summed E-state index contributed by atoms with van der Waals surface area (Å²) in [6.07, 6.45) is 0. The zero-order valence-electron chi connectivity index (χ0n) is 14.9. The predicted molar refractivity (Wildman–Crippen MR) is 99.6 cm³/mol. The quantitative estimate of drug-likeness (QED) is 0.846. The number of nitrogens with one attached hydrogen (secondary N) is 2. The Kier molecular flexibility index (Phi) is 4.28. The Hall–Kier alpha value is -1.92. The molecule has 0 amide bonds. The number of hydrogen-bond acceptors (Lipinski definition) is 4. The smallest absolute Gasteiger partial charge is 0.206 e. The van der Waals surface area contributed by atoms with Gasteiger partial charge in [0, 0.05) is 17.6 Å². The topological polar surface area (TPSA) is 58.2 Å². The Morgan fingerprint density at radius 2 is 1.73 bits per heavy atom. The van der Waals surface area contributed by atoms with Gasteiger partial charge in [-0.1, -0.05) is 19.9 Å². The molecule has 2 aromatic carbocycles. The third-order valence-corrected chi connectivity index (χ3v) is 7.42. The zero-order chi connectivity index (χ0) is 18.5. The van der Waals surface area contributed by atoms with E-state index in [9.17, 15) is 12.8 Å². The molecule has 2 aromatic rings. The fourth-order valence-corrected chi connectivity index (χ4v) is 5.62. The van der Waals surface area contributed by atoms with Crippen LogP contribution in [0.25, 0.3) is 0 Å². The molecule has 6 heteroatoms. The first-order chi connectivity index (χ1) is 12.4. The molecule has 2 aliphatic heterocycles. The molecule has 0 radical (unpaired) electrons. The van der Waals surface area contributed by atoms with Gasteiger partial charge in [0.25, 0.3) is 0 Å². The highest BCUT2D eigenvalue weighted by Crippen LogP contribution is 2.45. The van der Waals surface area contributed by atoms with Crippen LogP contribution in [0.15, 0.2) is 52.3 Å². The fraction of sp³-hybridized carbons (Fsp3) is 0.400. The van der Waals surface area contributed by atoms with Crippen molar-refractivity contribution >= 4 is 15.5 Å². The van der Waals surface area contributed by atoms with Crippen LogP contribution in [0.1, 0.15) is 25.3 Å². The SMILES string of the molecule is CC1CNCC(C)[C@H]2c3cc(S(=O)(=O)c4cccc(F)c4)ccc3N[C@H]12. The molecule has 2 unspecified atom stereocenters. The first-order valence-electron chi connectivity index (χ1n) is 9.00. The van der Waals surface area contributed by atoms with Gasteiger partial charge in [0.1, 0.15) is 5.82 Å². The lowest BCUT2D eigenvalue weighted by atomic mass is 9.81. The molecule has 0 aliphatic carbocycles. The maximum atomic E-state index is 13.5. The van der Waals surface area contributed by atoms with Gasteiger partial charge in [-0.15, -0.1) is 0 Å². The van der Waals surface area contributed by atoms with E-state index in [-0.39, 0.29) is 15.7 Å². The summed E-state index contributed by atoms with van der Waals surface area (Å²) in [6, 6.07) is 10.7. The minimum Gasteiger partial charge on any atom is -0.381 e. The second-order valence-corrected chi connectivity index (χ2v) is 9.47. The molecular formula is C20H23FN2O2S. The monoisotopic (exact) mass is 374 g/mol. The molecular weight excluding hydrogens is 351 g/mol. The van der Waals surface area contributed by atoms with E-state index in [0.717, 1.165) is 30.4 Å². The number of sulfone groups is 1. The van der Waals surface area contributed by atoms with Crippen molar-refractivity contribution in [2.24, 2.45) is 11.8 Å². The summed E-state index contributed by atoms with van der Waals surface area (Å²) in [4.78, 5) is 0.213. The van der Waals surface area contributed by atoms with Crippen molar-refractivity contribution in [3.63, 3.8) is 0 Å². The van der Waals surface area contributed by atoms with E-state index in [1.165, 1.54) is 18.2 Å². The third-order valence-electron chi connectivity index (χ3n) is 5.67. The first-order valence-corrected chi connectivity index (χ1v) is 10.5. The number of fused-ring (bicyclic) bond motifs is 3. The van der Waals surface area contributed by atoms with Crippen LogP contribution in [0, 0.1) is 17.7 Å². The molecule has 1 saturated heterocycles. The van der Waals surface area contributed by atoms with Gasteiger partial charge in [0.05, 0.1) is 9.79 Å². The Morgan fingerprint density at radius 3 is 2.50 bits per heavy atom. The van der Waals surface area contributed by atoms with Crippen LogP contribution >= 0.6 is 0 Å². The van der Waals surface area contributed by atoms with Crippen LogP contribution in [-0.2, 0) is 9.84 Å². The summed E-state index contributed by atoms with van der Waals surface area (Å²) < 4.78 is 39.4. The minimum atomic E-state index is -3.74. The Morgan fingerprint density at radius 1 is 1.00 bits per heavy atom. The van der Waals surface area contributed by atoms with Crippen molar-refractivity contribution in [3.05, 3.63) is 53.8 Å². The lowest BCUT2D eigenvalue weighted by Crippen LogP contribution is -2.32. The summed E-state index contributed by atoms with van der Waals surface area (Å²) in [6.45, 7) is 6.27. The first kappa shape index (κ1) is 17.5. The molecule has 2 heterocycles. The van der Waals surface area contributed by atoms with E-state index in [2.05, 4.69) is 24.5 Å². The maximum Gasteiger partial charge on any atom is 0.206 e. The van der Waals surface area contributed by atoms with Crippen LogP contribution in [0.2, 0.25) is 0 Å². The number of benzene rings is 2. The Balaban J connectivity index is 1.78. The highest BCUT2D eigenvalue weighted by atomic mass is 32.2. The van der Waals surface area contributed by atoms with Gasteiger partial charge >= 0.3 is 0 Å². The lowest BCUT2D eigenvalue weighted by molar-refractivity contribution is 0.402. The number of hydrogen-bond donors (Lipinski definition) is 2. The molecule has 2 aliphatic rings. The standard InChI is InChI=1S/C20H23FN2O2S/c1-12-10-22-11-13(2)20-19(12)17-9-16(6-7-18(17)23-20)26(24,25)15-5-3-4-14(21)8-15/h3-9,12-13,19-20,22-23H,10-11H2,1-2H3/t12?,13?,19-,20+/m0/s1. The summed E-state index contributed by atoms with van der Waals surface area (Å²) in [5.74, 6) is 0.551. The van der Waals surface area contributed by atoms with E-state index in [0.29, 0.717) is 17.9 Å². The van der Waals surface area contributed by atoms with Gasteiger partial charge in [-0.3, -0.25) is 0 Å². The second kappa shape index (κ2) is 6.35. The van der Waals surface area contributed by atoms with Crippen molar-refractivity contribution in [2.45, 2.75) is 35.6 Å². The highest BCUT2D eigenvalue weighted by Gasteiger charge is 2.40. The average molecular weight is 374 g/mol. The Bertz CT molecular complexity index is 945. The third kappa shape index (κ3) is 2.81. The molecule has 4 atom stereocenters. The van der Waals surface area contributed by atoms with E-state index in [1.807, 2.05) is 6.07 Å². The molecule has 4 nitrogen and oxygen atoms in total. The van der Waals surface area contributed by atoms with Crippen molar-refractivity contribution < 1.29 is 12.8 Å². The van der Waals surface area contributed by atoms with Crippen LogP contribution in [0.5, 0.6) is 0 Å². The van der Waals surface area contributed by atoms with E-state index < -0.39 is 15.7 Å². The van der Waals surface area contributed by atoms with E-state index in [4.69, 9.17) is 0 Å². The molecule has 1 fully saturated rings. The second-order valence-electron chi connectivity index (χ2n) is 7.52. The maximum absolute atomic E-state index is 13.5. The minimum absolute atomic E-state index is 0.0103. The van der Waals surface area contributed by atoms with Crippen molar-refractivity contribution in [1.82, 2.24) is 5.32 Å². The van der Waals surface area contributed by atoms with Crippen molar-refractivity contribution in [2.75, 3.05) is 18.4 Å². The summed E-state index contributed by atoms with van der Waals surface area (Å²) in [7, 11) is -3.74. The van der Waals surface area contributed by atoms with Crippen LogP contribution in [0.3, 0.4) is 0 Å². The molecule has 0 spiro atoms. The number of halogens is 1. The zero-order valence-corrected chi connectivity index (χ0v) is 15.7. The molecule has 4 rings (SSSR count). The summed E-state index contributed by atoms with van der Waals surface area (Å²) in [5, 5.41) is 7.07. The van der Waals surface area contributed by atoms with Gasteiger partial charge < -0.3 is 10.6 Å². The molecule has 2 N–H and O–H groups in total. The van der Waals surface area contributed by atoms with Gasteiger partial charge in [-0.05, 0) is 66.9 Å². The number of anilines is 1. The largest absolute Gasteiger partial charge is 0.381 e. The molecule has 0 saturated carbocycles. The normalized spacial score (nSPS) is 28.0. The van der Waals surface area contributed by atoms with Gasteiger partial charge in [-0.25, -0.2) is 12.8 Å². The molecule has 0 aromatic heterocycles. The van der Waals surface area contributed by atoms with E-state index >= 15 is 0 Å².